The fraction of sp³-hybridized carbons (Fsp3) is 0.333. The maximum Gasteiger partial charge on any atom is 0.411 e. The summed E-state index contributed by atoms with van der Waals surface area (Å²) in [4.78, 5) is 26.6. The Kier molecular flexibility index (Phi) is 6.46. The lowest BCUT2D eigenvalue weighted by molar-refractivity contribution is 0.0883. The molecular weight excluding hydrogens is 386 g/mol. The van der Waals surface area contributed by atoms with Crippen molar-refractivity contribution in [3.63, 3.8) is 0 Å². The first-order valence-electron chi connectivity index (χ1n) is 7.58. The van der Waals surface area contributed by atoms with Crippen molar-refractivity contribution in [2.45, 2.75) is 18.8 Å². The number of hydrogen-bond donors (Lipinski definition) is 2. The lowest BCUT2D eigenvalue weighted by atomic mass is 10.2. The molecule has 1 aromatic rings. The van der Waals surface area contributed by atoms with Crippen LogP contribution in [0.25, 0.3) is 0 Å². The molecule has 9 nitrogen and oxygen atoms in total. The van der Waals surface area contributed by atoms with Gasteiger partial charge in [-0.3, -0.25) is 14.4 Å². The van der Waals surface area contributed by atoms with Crippen molar-refractivity contribution in [2.75, 3.05) is 13.3 Å². The highest BCUT2D eigenvalue weighted by Gasteiger charge is 2.35. The van der Waals surface area contributed by atoms with E-state index in [-0.39, 0.29) is 24.9 Å². The summed E-state index contributed by atoms with van der Waals surface area (Å²) in [6.07, 6.45) is 0.404. The van der Waals surface area contributed by atoms with Crippen LogP contribution in [0.15, 0.2) is 41.6 Å². The van der Waals surface area contributed by atoms with Gasteiger partial charge in [-0.05, 0) is 12.5 Å². The summed E-state index contributed by atoms with van der Waals surface area (Å²) < 4.78 is 36.5. The highest BCUT2D eigenvalue weighted by molar-refractivity contribution is 7.86. The third-order valence-corrected chi connectivity index (χ3v) is 4.82. The minimum Gasteiger partial charge on any atom is -0.450 e. The molecule has 2 N–H and O–H groups in total. The Labute approximate surface area is 155 Å². The number of nitrogens with one attached hydrogen (secondary N) is 1. The zero-order valence-corrected chi connectivity index (χ0v) is 15.4. The van der Waals surface area contributed by atoms with Crippen LogP contribution in [0.3, 0.4) is 0 Å². The van der Waals surface area contributed by atoms with Gasteiger partial charge >= 0.3 is 12.1 Å². The van der Waals surface area contributed by atoms with E-state index >= 15 is 0 Å². The Morgan fingerprint density at radius 1 is 1.38 bits per heavy atom. The second-order valence-electron chi connectivity index (χ2n) is 5.35. The smallest absolute Gasteiger partial charge is 0.411 e. The summed E-state index contributed by atoms with van der Waals surface area (Å²) in [7, 11) is -4.60. The zero-order chi connectivity index (χ0) is 19.3. The standard InChI is InChI=1S/C15H18ClN3O6S/c1-2-25-15(21)19(8-11-6-4-3-5-7-11)10-18-9-12(16)13(17-14(18)20)26(22,23)24/h3-7,9,13H,2,8,10H2,1H3,(H,17,20)(H,22,23,24). The highest BCUT2D eigenvalue weighted by Crippen LogP contribution is 2.20. The molecule has 26 heavy (non-hydrogen) atoms. The normalized spacial score (nSPS) is 17.3. The van der Waals surface area contributed by atoms with E-state index in [1.165, 1.54) is 4.90 Å². The van der Waals surface area contributed by atoms with Crippen LogP contribution in [-0.4, -0.2) is 53.5 Å². The second-order valence-corrected chi connectivity index (χ2v) is 7.29. The summed E-state index contributed by atoms with van der Waals surface area (Å²) >= 11 is 5.84. The molecule has 142 valence electrons. The van der Waals surface area contributed by atoms with Gasteiger partial charge in [0.25, 0.3) is 10.1 Å². The van der Waals surface area contributed by atoms with Crippen molar-refractivity contribution in [2.24, 2.45) is 0 Å². The summed E-state index contributed by atoms with van der Waals surface area (Å²) in [5.74, 6) is 0. The van der Waals surface area contributed by atoms with E-state index in [0.29, 0.717) is 0 Å². The largest absolute Gasteiger partial charge is 0.450 e. The molecule has 0 radical (unpaired) electrons. The van der Waals surface area contributed by atoms with E-state index in [2.05, 4.69) is 5.32 Å². The molecule has 0 fully saturated rings. The number of ether oxygens (including phenoxy) is 1. The molecule has 0 spiro atoms. The Balaban J connectivity index is 2.20. The van der Waals surface area contributed by atoms with Crippen molar-refractivity contribution in [3.8, 4) is 0 Å². The van der Waals surface area contributed by atoms with Crippen LogP contribution in [0, 0.1) is 0 Å². The number of carbonyl (C=O) groups excluding carboxylic acids is 2. The summed E-state index contributed by atoms with van der Waals surface area (Å²) in [6.45, 7) is 1.74. The van der Waals surface area contributed by atoms with Gasteiger partial charge in [-0.25, -0.2) is 9.59 Å². The fourth-order valence-corrected chi connectivity index (χ4v) is 3.34. The van der Waals surface area contributed by atoms with Gasteiger partial charge in [0.05, 0.1) is 18.2 Å². The number of urea groups is 1. The van der Waals surface area contributed by atoms with Crippen LogP contribution in [0.4, 0.5) is 9.59 Å². The molecule has 0 aliphatic carbocycles. The van der Waals surface area contributed by atoms with E-state index in [1.807, 2.05) is 6.07 Å². The average Bonchev–Trinajstić information content (AvgIpc) is 2.57. The van der Waals surface area contributed by atoms with E-state index in [9.17, 15) is 18.0 Å². The van der Waals surface area contributed by atoms with Gasteiger partial charge in [-0.2, -0.15) is 8.42 Å². The number of hydrogen-bond acceptors (Lipinski definition) is 5. The molecule has 0 saturated carbocycles. The first kappa shape index (κ1) is 20.0. The molecule has 1 atom stereocenters. The lowest BCUT2D eigenvalue weighted by Gasteiger charge is -2.32. The second kappa shape index (κ2) is 8.39. The Bertz CT molecular complexity index is 799. The molecule has 1 aromatic carbocycles. The summed E-state index contributed by atoms with van der Waals surface area (Å²) in [5, 5.41) is 0.0188. The van der Waals surface area contributed by atoms with Gasteiger partial charge in [-0.1, -0.05) is 41.9 Å². The Morgan fingerprint density at radius 3 is 2.62 bits per heavy atom. The highest BCUT2D eigenvalue weighted by atomic mass is 35.5. The number of benzene rings is 1. The van der Waals surface area contributed by atoms with Crippen molar-refractivity contribution >= 4 is 33.8 Å². The van der Waals surface area contributed by atoms with E-state index < -0.39 is 27.6 Å². The minimum atomic E-state index is -4.60. The van der Waals surface area contributed by atoms with E-state index in [0.717, 1.165) is 16.7 Å². The lowest BCUT2D eigenvalue weighted by Crippen LogP contribution is -2.53. The van der Waals surface area contributed by atoms with Crippen molar-refractivity contribution < 1.29 is 27.3 Å². The van der Waals surface area contributed by atoms with Crippen LogP contribution in [0.5, 0.6) is 0 Å². The molecular formula is C15H18ClN3O6S. The molecule has 0 bridgehead atoms. The number of amides is 3. The van der Waals surface area contributed by atoms with Crippen LogP contribution in [0.1, 0.15) is 12.5 Å². The van der Waals surface area contributed by atoms with Gasteiger partial charge in [0.1, 0.15) is 6.67 Å². The molecule has 3 amide bonds. The number of rotatable bonds is 6. The Hall–Kier alpha value is -2.30. The van der Waals surface area contributed by atoms with E-state index in [4.69, 9.17) is 20.9 Å². The van der Waals surface area contributed by atoms with Gasteiger partial charge in [0.15, 0.2) is 5.37 Å². The number of nitrogens with zero attached hydrogens (tertiary/aromatic N) is 2. The maximum atomic E-state index is 12.2. The number of halogens is 1. The summed E-state index contributed by atoms with van der Waals surface area (Å²) in [5.41, 5.74) is 0.809. The zero-order valence-electron chi connectivity index (χ0n) is 13.8. The van der Waals surface area contributed by atoms with Crippen LogP contribution in [0.2, 0.25) is 0 Å². The quantitative estimate of drug-likeness (QED) is 0.701. The van der Waals surface area contributed by atoms with Crippen LogP contribution < -0.4 is 5.32 Å². The van der Waals surface area contributed by atoms with Crippen molar-refractivity contribution in [1.82, 2.24) is 15.1 Å². The molecule has 1 heterocycles. The molecule has 0 aromatic heterocycles. The van der Waals surface area contributed by atoms with Crippen LogP contribution in [-0.2, 0) is 21.4 Å². The Morgan fingerprint density at radius 2 is 2.04 bits per heavy atom. The molecule has 1 unspecified atom stereocenters. The first-order chi connectivity index (χ1) is 12.2. The van der Waals surface area contributed by atoms with Gasteiger partial charge in [0.2, 0.25) is 0 Å². The summed E-state index contributed by atoms with van der Waals surface area (Å²) in [6, 6.07) is 8.21. The van der Waals surface area contributed by atoms with E-state index in [1.54, 1.807) is 31.2 Å². The first-order valence-corrected chi connectivity index (χ1v) is 9.46. The molecule has 2 rings (SSSR count). The van der Waals surface area contributed by atoms with Crippen molar-refractivity contribution in [1.29, 1.82) is 0 Å². The topological polar surface area (TPSA) is 116 Å². The average molecular weight is 404 g/mol. The van der Waals surface area contributed by atoms with Gasteiger partial charge in [0, 0.05) is 6.20 Å². The predicted octanol–water partition coefficient (Wildman–Crippen LogP) is 1.92. The molecule has 1 aliphatic rings. The third kappa shape index (κ3) is 5.10. The predicted molar refractivity (Wildman–Crippen MR) is 93.5 cm³/mol. The molecule has 11 heteroatoms. The SMILES string of the molecule is CCOC(=O)N(Cc1ccccc1)CN1C=C(Cl)C(S(=O)(=O)O)NC1=O. The monoisotopic (exact) mass is 403 g/mol. The van der Waals surface area contributed by atoms with Gasteiger partial charge in [-0.15, -0.1) is 0 Å². The number of carbonyl (C=O) groups is 2. The maximum absolute atomic E-state index is 12.2. The third-order valence-electron chi connectivity index (χ3n) is 3.41. The fourth-order valence-electron chi connectivity index (χ4n) is 2.24. The van der Waals surface area contributed by atoms with Gasteiger partial charge < -0.3 is 10.1 Å². The van der Waals surface area contributed by atoms with Crippen molar-refractivity contribution in [3.05, 3.63) is 47.1 Å². The van der Waals surface area contributed by atoms with Crippen LogP contribution >= 0.6 is 11.6 Å². The minimum absolute atomic E-state index is 0.151. The molecule has 0 saturated heterocycles. The molecule has 1 aliphatic heterocycles.